The lowest BCUT2D eigenvalue weighted by Crippen LogP contribution is -2.22. The van der Waals surface area contributed by atoms with Gasteiger partial charge in [-0.05, 0) is 6.92 Å². The van der Waals surface area contributed by atoms with E-state index in [4.69, 9.17) is 5.11 Å². The van der Waals surface area contributed by atoms with Gasteiger partial charge in [-0.3, -0.25) is 4.79 Å². The van der Waals surface area contributed by atoms with Gasteiger partial charge in [-0.1, -0.05) is 0 Å². The van der Waals surface area contributed by atoms with Crippen LogP contribution < -0.4 is 10.3 Å². The van der Waals surface area contributed by atoms with Crippen LogP contribution in [0, 0.1) is 6.92 Å². The topological polar surface area (TPSA) is 79.4 Å². The molecule has 1 heterocycles. The minimum absolute atomic E-state index is 0.303. The first-order valence-electron chi connectivity index (χ1n) is 3.93. The van der Waals surface area contributed by atoms with Gasteiger partial charge in [-0.2, -0.15) is 0 Å². The van der Waals surface area contributed by atoms with Crippen LogP contribution in [0.25, 0.3) is 0 Å². The minimum atomic E-state index is -5.02. The van der Waals surface area contributed by atoms with E-state index in [1.165, 1.54) is 0 Å². The summed E-state index contributed by atoms with van der Waals surface area (Å²) in [6.45, 7) is 1.11. The number of halogens is 3. The summed E-state index contributed by atoms with van der Waals surface area (Å²) in [5.74, 6) is -2.59. The predicted octanol–water partition coefficient (Wildman–Crippen LogP) is 1.28. The number of ether oxygens (including phenoxy) is 1. The SMILES string of the molecule is Cc1[nH]c(=O)cc(C(=O)O)c1OC(F)(F)F. The van der Waals surface area contributed by atoms with Crippen molar-refractivity contribution in [1.29, 1.82) is 0 Å². The van der Waals surface area contributed by atoms with Gasteiger partial charge in [-0.25, -0.2) is 4.79 Å². The Bertz CT molecular complexity index is 477. The molecule has 0 amide bonds. The number of pyridine rings is 1. The fraction of sp³-hybridized carbons (Fsp3) is 0.250. The van der Waals surface area contributed by atoms with Crippen LogP contribution in [0.2, 0.25) is 0 Å². The van der Waals surface area contributed by atoms with Crippen molar-refractivity contribution in [1.82, 2.24) is 4.98 Å². The first-order valence-corrected chi connectivity index (χ1v) is 3.93. The number of carbonyl (C=O) groups is 1. The number of rotatable bonds is 2. The third kappa shape index (κ3) is 2.75. The van der Waals surface area contributed by atoms with Gasteiger partial charge >= 0.3 is 12.3 Å². The van der Waals surface area contributed by atoms with E-state index >= 15 is 0 Å². The highest BCUT2D eigenvalue weighted by atomic mass is 19.4. The van der Waals surface area contributed by atoms with Crippen molar-refractivity contribution in [3.63, 3.8) is 0 Å². The van der Waals surface area contributed by atoms with Crippen LogP contribution in [0.1, 0.15) is 16.1 Å². The third-order valence-corrected chi connectivity index (χ3v) is 1.62. The smallest absolute Gasteiger partial charge is 0.478 e. The lowest BCUT2D eigenvalue weighted by Gasteiger charge is -2.12. The fourth-order valence-electron chi connectivity index (χ4n) is 1.08. The Morgan fingerprint density at radius 3 is 2.50 bits per heavy atom. The molecule has 0 aliphatic heterocycles. The van der Waals surface area contributed by atoms with Crippen LogP contribution in [-0.4, -0.2) is 22.4 Å². The number of aryl methyl sites for hydroxylation is 1. The average Bonchev–Trinajstić information content (AvgIpc) is 2.07. The Labute approximate surface area is 86.5 Å². The molecule has 1 aromatic rings. The lowest BCUT2D eigenvalue weighted by atomic mass is 10.2. The van der Waals surface area contributed by atoms with Crippen molar-refractivity contribution >= 4 is 5.97 Å². The molecular formula is C8H6F3NO4. The molecule has 0 fully saturated rings. The number of nitrogens with one attached hydrogen (secondary N) is 1. The van der Waals surface area contributed by atoms with Crippen molar-refractivity contribution in [3.8, 4) is 5.75 Å². The number of alkyl halides is 3. The number of carboxylic acid groups (broad SMARTS) is 1. The Kier molecular flexibility index (Phi) is 2.92. The second-order valence-electron chi connectivity index (χ2n) is 2.85. The van der Waals surface area contributed by atoms with Gasteiger partial charge in [0.25, 0.3) is 0 Å². The Morgan fingerprint density at radius 2 is 2.06 bits per heavy atom. The van der Waals surface area contributed by atoms with Gasteiger partial charge in [0.05, 0.1) is 5.69 Å². The molecule has 0 aromatic carbocycles. The van der Waals surface area contributed by atoms with Gasteiger partial charge < -0.3 is 14.8 Å². The van der Waals surface area contributed by atoms with Gasteiger partial charge in [0.1, 0.15) is 5.56 Å². The van der Waals surface area contributed by atoms with Crippen LogP contribution in [0.15, 0.2) is 10.9 Å². The Balaban J connectivity index is 3.36. The second-order valence-corrected chi connectivity index (χ2v) is 2.85. The molecule has 0 unspecified atom stereocenters. The zero-order chi connectivity index (χ0) is 12.5. The number of aromatic amines is 1. The number of hydrogen-bond acceptors (Lipinski definition) is 3. The number of hydrogen-bond donors (Lipinski definition) is 2. The highest BCUT2D eigenvalue weighted by Crippen LogP contribution is 2.27. The zero-order valence-electron chi connectivity index (χ0n) is 7.88. The molecule has 0 spiro atoms. The predicted molar refractivity (Wildman–Crippen MR) is 45.4 cm³/mol. The molecule has 0 radical (unpaired) electrons. The summed E-state index contributed by atoms with van der Waals surface area (Å²) < 4.78 is 39.4. The van der Waals surface area contributed by atoms with Crippen molar-refractivity contribution in [2.45, 2.75) is 13.3 Å². The van der Waals surface area contributed by atoms with E-state index in [0.717, 1.165) is 6.92 Å². The van der Waals surface area contributed by atoms with Crippen LogP contribution in [0.3, 0.4) is 0 Å². The largest absolute Gasteiger partial charge is 0.573 e. The molecule has 0 saturated carbocycles. The highest BCUT2D eigenvalue weighted by molar-refractivity contribution is 5.91. The summed E-state index contributed by atoms with van der Waals surface area (Å²) in [5.41, 5.74) is -1.95. The summed E-state index contributed by atoms with van der Waals surface area (Å²) in [4.78, 5) is 23.5. The van der Waals surface area contributed by atoms with E-state index in [1.807, 2.05) is 4.98 Å². The van der Waals surface area contributed by atoms with E-state index in [-0.39, 0.29) is 5.69 Å². The molecule has 1 rings (SSSR count). The molecule has 2 N–H and O–H groups in total. The summed E-state index contributed by atoms with van der Waals surface area (Å²) in [6, 6.07) is 0.524. The van der Waals surface area contributed by atoms with Crippen LogP contribution in [-0.2, 0) is 0 Å². The molecule has 0 aliphatic carbocycles. The molecule has 0 saturated heterocycles. The maximum Gasteiger partial charge on any atom is 0.573 e. The van der Waals surface area contributed by atoms with E-state index < -0.39 is 29.2 Å². The molecule has 88 valence electrons. The maximum absolute atomic E-state index is 12.0. The molecular weight excluding hydrogens is 231 g/mol. The molecule has 16 heavy (non-hydrogen) atoms. The number of aromatic carboxylic acids is 1. The standard InChI is InChI=1S/C8H6F3NO4/c1-3-6(16-8(9,10)11)4(7(14)15)2-5(13)12-3/h2H,1H3,(H,12,13)(H,14,15). The molecule has 1 aromatic heterocycles. The zero-order valence-corrected chi connectivity index (χ0v) is 7.88. The van der Waals surface area contributed by atoms with Gasteiger partial charge in [0.15, 0.2) is 5.75 Å². The maximum atomic E-state index is 12.0. The quantitative estimate of drug-likeness (QED) is 0.811. The summed E-state index contributed by atoms with van der Waals surface area (Å²) in [6.07, 6.45) is -5.02. The van der Waals surface area contributed by atoms with Crippen LogP contribution >= 0.6 is 0 Å². The highest BCUT2D eigenvalue weighted by Gasteiger charge is 2.34. The molecule has 0 bridgehead atoms. The van der Waals surface area contributed by atoms with E-state index in [0.29, 0.717) is 6.07 Å². The summed E-state index contributed by atoms with van der Waals surface area (Å²) in [7, 11) is 0. The van der Waals surface area contributed by atoms with E-state index in [9.17, 15) is 22.8 Å². The number of aromatic nitrogens is 1. The Morgan fingerprint density at radius 1 is 1.50 bits per heavy atom. The van der Waals surface area contributed by atoms with Crippen molar-refractivity contribution in [3.05, 3.63) is 27.7 Å². The Hall–Kier alpha value is -1.99. The average molecular weight is 237 g/mol. The number of carboxylic acids is 1. The monoisotopic (exact) mass is 237 g/mol. The van der Waals surface area contributed by atoms with Crippen molar-refractivity contribution < 1.29 is 27.8 Å². The first kappa shape index (κ1) is 12.1. The van der Waals surface area contributed by atoms with Gasteiger partial charge in [0.2, 0.25) is 5.56 Å². The van der Waals surface area contributed by atoms with E-state index in [2.05, 4.69) is 4.74 Å². The van der Waals surface area contributed by atoms with Crippen LogP contribution in [0.5, 0.6) is 5.75 Å². The number of H-pyrrole nitrogens is 1. The molecule has 8 heteroatoms. The van der Waals surface area contributed by atoms with Crippen molar-refractivity contribution in [2.24, 2.45) is 0 Å². The second kappa shape index (κ2) is 3.87. The third-order valence-electron chi connectivity index (χ3n) is 1.62. The molecule has 0 atom stereocenters. The molecule has 0 aliphatic rings. The van der Waals surface area contributed by atoms with Crippen LogP contribution in [0.4, 0.5) is 13.2 Å². The van der Waals surface area contributed by atoms with Crippen molar-refractivity contribution in [2.75, 3.05) is 0 Å². The molecule has 5 nitrogen and oxygen atoms in total. The summed E-state index contributed by atoms with van der Waals surface area (Å²) in [5, 5.41) is 8.61. The fourth-order valence-corrected chi connectivity index (χ4v) is 1.08. The van der Waals surface area contributed by atoms with Gasteiger partial charge in [0, 0.05) is 6.07 Å². The van der Waals surface area contributed by atoms with E-state index in [1.54, 1.807) is 0 Å². The minimum Gasteiger partial charge on any atom is -0.478 e. The first-order chi connectivity index (χ1) is 7.20. The normalized spacial score (nSPS) is 11.2. The lowest BCUT2D eigenvalue weighted by molar-refractivity contribution is -0.275. The summed E-state index contributed by atoms with van der Waals surface area (Å²) >= 11 is 0. The van der Waals surface area contributed by atoms with Gasteiger partial charge in [-0.15, -0.1) is 13.2 Å².